The Kier molecular flexibility index (Phi) is 4.18. The molecule has 1 fully saturated rings. The first kappa shape index (κ1) is 10.5. The minimum Gasteiger partial charge on any atom is -0.469 e. The summed E-state index contributed by atoms with van der Waals surface area (Å²) in [7, 11) is 1.39. The molecule has 1 rings (SSSR count). The Bertz CT molecular complexity index is 172. The standard InChI is InChI=1S/C9H17NO3/c1-12-9(11)5-7-3-2-4-8(6-10)13-7/h7-8H,2-6,10H2,1H3. The summed E-state index contributed by atoms with van der Waals surface area (Å²) in [6.45, 7) is 0.539. The average Bonchev–Trinajstić information content (AvgIpc) is 2.18. The fourth-order valence-electron chi connectivity index (χ4n) is 1.57. The van der Waals surface area contributed by atoms with Crippen molar-refractivity contribution in [3.8, 4) is 0 Å². The van der Waals surface area contributed by atoms with Crippen molar-refractivity contribution < 1.29 is 14.3 Å². The molecule has 1 saturated heterocycles. The predicted molar refractivity (Wildman–Crippen MR) is 48.2 cm³/mol. The predicted octanol–water partition coefficient (Wildman–Crippen LogP) is 0.446. The Morgan fingerprint density at radius 2 is 2.23 bits per heavy atom. The first-order chi connectivity index (χ1) is 6.26. The van der Waals surface area contributed by atoms with Crippen molar-refractivity contribution in [2.24, 2.45) is 5.73 Å². The molecule has 0 aromatic heterocycles. The number of nitrogens with two attached hydrogens (primary N) is 1. The molecule has 0 aromatic carbocycles. The van der Waals surface area contributed by atoms with E-state index in [1.54, 1.807) is 0 Å². The number of methoxy groups -OCH3 is 1. The maximum absolute atomic E-state index is 10.9. The molecule has 0 radical (unpaired) electrons. The van der Waals surface area contributed by atoms with Gasteiger partial charge in [-0.05, 0) is 19.3 Å². The van der Waals surface area contributed by atoms with Crippen molar-refractivity contribution >= 4 is 5.97 Å². The van der Waals surface area contributed by atoms with Crippen molar-refractivity contribution in [3.63, 3.8) is 0 Å². The second kappa shape index (κ2) is 5.19. The molecule has 1 heterocycles. The van der Waals surface area contributed by atoms with Crippen molar-refractivity contribution in [2.45, 2.75) is 37.9 Å². The van der Waals surface area contributed by atoms with Crippen molar-refractivity contribution in [3.05, 3.63) is 0 Å². The molecule has 2 unspecified atom stereocenters. The summed E-state index contributed by atoms with van der Waals surface area (Å²) in [4.78, 5) is 10.9. The van der Waals surface area contributed by atoms with Crippen LogP contribution >= 0.6 is 0 Å². The van der Waals surface area contributed by atoms with Gasteiger partial charge in [-0.2, -0.15) is 0 Å². The Morgan fingerprint density at radius 3 is 2.85 bits per heavy atom. The maximum Gasteiger partial charge on any atom is 0.308 e. The normalized spacial score (nSPS) is 28.5. The van der Waals surface area contributed by atoms with E-state index in [0.29, 0.717) is 13.0 Å². The molecule has 0 bridgehead atoms. The van der Waals surface area contributed by atoms with Crippen LogP contribution in [0.25, 0.3) is 0 Å². The molecular formula is C9H17NO3. The van der Waals surface area contributed by atoms with Gasteiger partial charge >= 0.3 is 5.97 Å². The van der Waals surface area contributed by atoms with E-state index in [1.165, 1.54) is 7.11 Å². The molecule has 0 amide bonds. The quantitative estimate of drug-likeness (QED) is 0.651. The third kappa shape index (κ3) is 3.32. The fourth-order valence-corrected chi connectivity index (χ4v) is 1.57. The van der Waals surface area contributed by atoms with Gasteiger partial charge < -0.3 is 15.2 Å². The molecule has 2 N–H and O–H groups in total. The van der Waals surface area contributed by atoms with E-state index in [9.17, 15) is 4.79 Å². The van der Waals surface area contributed by atoms with Crippen LogP contribution in [0, 0.1) is 0 Å². The van der Waals surface area contributed by atoms with Crippen LogP contribution in [0.2, 0.25) is 0 Å². The van der Waals surface area contributed by atoms with E-state index in [1.807, 2.05) is 0 Å². The Morgan fingerprint density at radius 1 is 1.54 bits per heavy atom. The van der Waals surface area contributed by atoms with Crippen LogP contribution in [0.5, 0.6) is 0 Å². The van der Waals surface area contributed by atoms with Gasteiger partial charge in [0, 0.05) is 6.54 Å². The van der Waals surface area contributed by atoms with Gasteiger partial charge in [0.05, 0.1) is 25.7 Å². The van der Waals surface area contributed by atoms with Gasteiger partial charge in [0.15, 0.2) is 0 Å². The zero-order chi connectivity index (χ0) is 9.68. The largest absolute Gasteiger partial charge is 0.469 e. The van der Waals surface area contributed by atoms with Gasteiger partial charge in [-0.15, -0.1) is 0 Å². The number of ether oxygens (including phenoxy) is 2. The van der Waals surface area contributed by atoms with Crippen LogP contribution in [-0.2, 0) is 14.3 Å². The van der Waals surface area contributed by atoms with Gasteiger partial charge in [0.2, 0.25) is 0 Å². The molecule has 0 spiro atoms. The lowest BCUT2D eigenvalue weighted by molar-refractivity contribution is -0.146. The molecule has 0 saturated carbocycles. The van der Waals surface area contributed by atoms with E-state index in [4.69, 9.17) is 10.5 Å². The lowest BCUT2D eigenvalue weighted by atomic mass is 10.0. The zero-order valence-electron chi connectivity index (χ0n) is 7.99. The minimum absolute atomic E-state index is 0.00903. The summed E-state index contributed by atoms with van der Waals surface area (Å²) in [6, 6.07) is 0. The maximum atomic E-state index is 10.9. The van der Waals surface area contributed by atoms with Crippen LogP contribution in [0.4, 0.5) is 0 Å². The van der Waals surface area contributed by atoms with E-state index in [2.05, 4.69) is 4.74 Å². The fraction of sp³-hybridized carbons (Fsp3) is 0.889. The van der Waals surface area contributed by atoms with Gasteiger partial charge in [-0.1, -0.05) is 0 Å². The van der Waals surface area contributed by atoms with Crippen molar-refractivity contribution in [1.29, 1.82) is 0 Å². The van der Waals surface area contributed by atoms with Crippen LogP contribution in [0.1, 0.15) is 25.7 Å². The Hall–Kier alpha value is -0.610. The first-order valence-electron chi connectivity index (χ1n) is 4.68. The van der Waals surface area contributed by atoms with E-state index in [-0.39, 0.29) is 18.2 Å². The van der Waals surface area contributed by atoms with Gasteiger partial charge in [-0.25, -0.2) is 0 Å². The zero-order valence-corrected chi connectivity index (χ0v) is 7.99. The minimum atomic E-state index is -0.206. The highest BCUT2D eigenvalue weighted by Crippen LogP contribution is 2.20. The SMILES string of the molecule is COC(=O)CC1CCCC(CN)O1. The number of rotatable bonds is 3. The molecule has 4 heteroatoms. The lowest BCUT2D eigenvalue weighted by Gasteiger charge is -2.28. The summed E-state index contributed by atoms with van der Waals surface area (Å²) < 4.78 is 10.2. The molecule has 0 aromatic rings. The number of carbonyl (C=O) groups is 1. The number of carbonyl (C=O) groups excluding carboxylic acids is 1. The molecular weight excluding hydrogens is 170 g/mol. The van der Waals surface area contributed by atoms with Crippen LogP contribution in [0.3, 0.4) is 0 Å². The summed E-state index contributed by atoms with van der Waals surface area (Å²) in [5, 5.41) is 0. The molecule has 76 valence electrons. The van der Waals surface area contributed by atoms with E-state index >= 15 is 0 Å². The molecule has 2 atom stereocenters. The number of hydrogen-bond acceptors (Lipinski definition) is 4. The summed E-state index contributed by atoms with van der Waals surface area (Å²) >= 11 is 0. The van der Waals surface area contributed by atoms with Gasteiger partial charge in [0.25, 0.3) is 0 Å². The van der Waals surface area contributed by atoms with Crippen LogP contribution < -0.4 is 5.73 Å². The molecule has 1 aliphatic rings. The second-order valence-corrected chi connectivity index (χ2v) is 3.33. The summed E-state index contributed by atoms with van der Waals surface area (Å²) in [6.07, 6.45) is 3.52. The van der Waals surface area contributed by atoms with E-state index < -0.39 is 0 Å². The van der Waals surface area contributed by atoms with Gasteiger partial charge in [-0.3, -0.25) is 4.79 Å². The van der Waals surface area contributed by atoms with Gasteiger partial charge in [0.1, 0.15) is 0 Å². The summed E-state index contributed by atoms with van der Waals surface area (Å²) in [5.74, 6) is -0.206. The first-order valence-corrected chi connectivity index (χ1v) is 4.68. The highest BCUT2D eigenvalue weighted by Gasteiger charge is 2.23. The Labute approximate surface area is 78.4 Å². The van der Waals surface area contributed by atoms with Crippen LogP contribution in [-0.4, -0.2) is 31.8 Å². The van der Waals surface area contributed by atoms with Crippen molar-refractivity contribution in [2.75, 3.05) is 13.7 Å². The third-order valence-corrected chi connectivity index (χ3v) is 2.32. The monoisotopic (exact) mass is 187 g/mol. The van der Waals surface area contributed by atoms with E-state index in [0.717, 1.165) is 19.3 Å². The molecule has 13 heavy (non-hydrogen) atoms. The van der Waals surface area contributed by atoms with Crippen molar-refractivity contribution in [1.82, 2.24) is 0 Å². The highest BCUT2D eigenvalue weighted by atomic mass is 16.5. The highest BCUT2D eigenvalue weighted by molar-refractivity contribution is 5.69. The average molecular weight is 187 g/mol. The Balaban J connectivity index is 2.29. The third-order valence-electron chi connectivity index (χ3n) is 2.32. The smallest absolute Gasteiger partial charge is 0.308 e. The lowest BCUT2D eigenvalue weighted by Crippen LogP contribution is -2.34. The second-order valence-electron chi connectivity index (χ2n) is 3.33. The summed E-state index contributed by atoms with van der Waals surface area (Å²) in [5.41, 5.74) is 5.49. The van der Waals surface area contributed by atoms with Crippen LogP contribution in [0.15, 0.2) is 0 Å². The topological polar surface area (TPSA) is 61.5 Å². The molecule has 4 nitrogen and oxygen atoms in total. The molecule has 0 aliphatic carbocycles. The molecule has 1 aliphatic heterocycles. The number of esters is 1. The number of hydrogen-bond donors (Lipinski definition) is 1.